The third kappa shape index (κ3) is 4.96. The summed E-state index contributed by atoms with van der Waals surface area (Å²) < 4.78 is 0. The van der Waals surface area contributed by atoms with E-state index in [1.54, 1.807) is 6.92 Å². The third-order valence-corrected chi connectivity index (χ3v) is 3.18. The average molecular weight is 289 g/mol. The van der Waals surface area contributed by atoms with E-state index < -0.39 is 0 Å². The zero-order valence-corrected chi connectivity index (χ0v) is 12.7. The smallest absolute Gasteiger partial charge is 0.248 e. The summed E-state index contributed by atoms with van der Waals surface area (Å²) in [5, 5.41) is 2.95. The summed E-state index contributed by atoms with van der Waals surface area (Å²) in [7, 11) is 0. The molecule has 2 heteroatoms. The minimum Gasteiger partial charge on any atom is -0.348 e. The van der Waals surface area contributed by atoms with Crippen LogP contribution in [-0.2, 0) is 11.3 Å². The quantitative estimate of drug-likeness (QED) is 0.658. The molecule has 0 aliphatic rings. The highest BCUT2D eigenvalue weighted by Crippen LogP contribution is 2.10. The van der Waals surface area contributed by atoms with Crippen LogP contribution in [-0.4, -0.2) is 5.91 Å². The standard InChI is InChI=1S/C20H19NO/c1-2-3-14-19(15-17-10-6-4-7-11-17)20(22)21-16-18-12-8-5-9-13-18/h4-13,15H,14,16H2,1H3,(H,21,22). The van der Waals surface area contributed by atoms with Crippen LogP contribution in [0.3, 0.4) is 0 Å². The average Bonchev–Trinajstić information content (AvgIpc) is 2.58. The Morgan fingerprint density at radius 3 is 2.32 bits per heavy atom. The van der Waals surface area contributed by atoms with Gasteiger partial charge in [-0.2, -0.15) is 0 Å². The molecule has 0 saturated heterocycles. The van der Waals surface area contributed by atoms with Gasteiger partial charge in [-0.15, -0.1) is 5.92 Å². The highest BCUT2D eigenvalue weighted by Gasteiger charge is 2.08. The molecule has 0 saturated carbocycles. The van der Waals surface area contributed by atoms with Crippen LogP contribution in [0.2, 0.25) is 0 Å². The van der Waals surface area contributed by atoms with Crippen LogP contribution in [0.1, 0.15) is 24.5 Å². The summed E-state index contributed by atoms with van der Waals surface area (Å²) in [6.45, 7) is 2.30. The van der Waals surface area contributed by atoms with E-state index in [1.165, 1.54) is 0 Å². The van der Waals surface area contributed by atoms with E-state index in [4.69, 9.17) is 0 Å². The van der Waals surface area contributed by atoms with Crippen molar-refractivity contribution in [3.63, 3.8) is 0 Å². The summed E-state index contributed by atoms with van der Waals surface area (Å²) >= 11 is 0. The molecule has 110 valence electrons. The van der Waals surface area contributed by atoms with Crippen molar-refractivity contribution in [1.82, 2.24) is 5.32 Å². The van der Waals surface area contributed by atoms with E-state index in [0.29, 0.717) is 18.5 Å². The minimum absolute atomic E-state index is 0.0737. The van der Waals surface area contributed by atoms with E-state index >= 15 is 0 Å². The maximum Gasteiger partial charge on any atom is 0.248 e. The predicted octanol–water partition coefficient (Wildman–Crippen LogP) is 3.80. The first-order valence-corrected chi connectivity index (χ1v) is 7.27. The van der Waals surface area contributed by atoms with Crippen LogP contribution < -0.4 is 5.32 Å². The van der Waals surface area contributed by atoms with Crippen molar-refractivity contribution in [3.8, 4) is 11.8 Å². The van der Waals surface area contributed by atoms with Crippen LogP contribution in [0, 0.1) is 11.8 Å². The molecule has 1 amide bonds. The molecule has 0 heterocycles. The number of carbonyl (C=O) groups excluding carboxylic acids is 1. The molecule has 22 heavy (non-hydrogen) atoms. The van der Waals surface area contributed by atoms with Crippen molar-refractivity contribution >= 4 is 12.0 Å². The second kappa shape index (κ2) is 8.49. The second-order valence-corrected chi connectivity index (χ2v) is 4.85. The maximum absolute atomic E-state index is 12.4. The van der Waals surface area contributed by atoms with Crippen molar-refractivity contribution < 1.29 is 4.79 Å². The summed E-state index contributed by atoms with van der Waals surface area (Å²) in [5.74, 6) is 5.74. The number of hydrogen-bond acceptors (Lipinski definition) is 1. The van der Waals surface area contributed by atoms with Crippen LogP contribution in [0.5, 0.6) is 0 Å². The van der Waals surface area contributed by atoms with Crippen LogP contribution in [0.15, 0.2) is 66.2 Å². The Labute approximate surface area is 131 Å². The lowest BCUT2D eigenvalue weighted by Gasteiger charge is -2.07. The van der Waals surface area contributed by atoms with Crippen LogP contribution in [0.25, 0.3) is 6.08 Å². The second-order valence-electron chi connectivity index (χ2n) is 4.85. The fourth-order valence-corrected chi connectivity index (χ4v) is 2.02. The largest absolute Gasteiger partial charge is 0.348 e. The van der Waals surface area contributed by atoms with Crippen molar-refractivity contribution in [2.24, 2.45) is 0 Å². The van der Waals surface area contributed by atoms with Gasteiger partial charge in [0, 0.05) is 18.5 Å². The number of amides is 1. The zero-order valence-electron chi connectivity index (χ0n) is 12.7. The Kier molecular flexibility index (Phi) is 6.02. The molecule has 0 spiro atoms. The predicted molar refractivity (Wildman–Crippen MR) is 90.8 cm³/mol. The first kappa shape index (κ1) is 15.6. The molecule has 2 nitrogen and oxygen atoms in total. The molecular formula is C20H19NO. The van der Waals surface area contributed by atoms with Gasteiger partial charge in [-0.3, -0.25) is 4.79 Å². The summed E-state index contributed by atoms with van der Waals surface area (Å²) in [6.07, 6.45) is 2.34. The number of nitrogens with one attached hydrogen (secondary N) is 1. The fourth-order valence-electron chi connectivity index (χ4n) is 2.02. The summed E-state index contributed by atoms with van der Waals surface area (Å²) in [5.41, 5.74) is 2.76. The monoisotopic (exact) mass is 289 g/mol. The van der Waals surface area contributed by atoms with Gasteiger partial charge in [-0.05, 0) is 24.1 Å². The normalized spacial score (nSPS) is 10.5. The zero-order chi connectivity index (χ0) is 15.6. The van der Waals surface area contributed by atoms with Crippen LogP contribution >= 0.6 is 0 Å². The van der Waals surface area contributed by atoms with Gasteiger partial charge < -0.3 is 5.32 Å². The Morgan fingerprint density at radius 2 is 1.68 bits per heavy atom. The van der Waals surface area contributed by atoms with Crippen molar-refractivity contribution in [1.29, 1.82) is 0 Å². The number of carbonyl (C=O) groups is 1. The van der Waals surface area contributed by atoms with Gasteiger partial charge in [0.05, 0.1) is 0 Å². The molecule has 1 N–H and O–H groups in total. The minimum atomic E-state index is -0.0737. The molecule has 0 radical (unpaired) electrons. The molecule has 0 bridgehead atoms. The Hall–Kier alpha value is -2.79. The highest BCUT2D eigenvalue weighted by molar-refractivity contribution is 5.98. The van der Waals surface area contributed by atoms with E-state index in [9.17, 15) is 4.79 Å². The number of benzene rings is 2. The lowest BCUT2D eigenvalue weighted by atomic mass is 10.1. The molecule has 0 aliphatic heterocycles. The van der Waals surface area contributed by atoms with Gasteiger partial charge in [0.15, 0.2) is 0 Å². The molecule has 0 fully saturated rings. The fraction of sp³-hybridized carbons (Fsp3) is 0.150. The van der Waals surface area contributed by atoms with Gasteiger partial charge in [-0.25, -0.2) is 0 Å². The number of hydrogen-bond donors (Lipinski definition) is 1. The van der Waals surface area contributed by atoms with Gasteiger partial charge in [0.2, 0.25) is 5.91 Å². The maximum atomic E-state index is 12.4. The van der Waals surface area contributed by atoms with Crippen molar-refractivity contribution in [2.45, 2.75) is 19.9 Å². The molecule has 0 unspecified atom stereocenters. The Morgan fingerprint density at radius 1 is 1.05 bits per heavy atom. The molecule has 2 aromatic rings. The van der Waals surface area contributed by atoms with E-state index in [0.717, 1.165) is 11.1 Å². The van der Waals surface area contributed by atoms with Gasteiger partial charge in [-0.1, -0.05) is 66.6 Å². The molecule has 2 rings (SSSR count). The van der Waals surface area contributed by atoms with Crippen LogP contribution in [0.4, 0.5) is 0 Å². The Balaban J connectivity index is 2.09. The van der Waals surface area contributed by atoms with Crippen molar-refractivity contribution in [2.75, 3.05) is 0 Å². The van der Waals surface area contributed by atoms with Gasteiger partial charge in [0.25, 0.3) is 0 Å². The van der Waals surface area contributed by atoms with E-state index in [2.05, 4.69) is 17.2 Å². The van der Waals surface area contributed by atoms with Gasteiger partial charge >= 0.3 is 0 Å². The molecule has 0 atom stereocenters. The number of rotatable bonds is 5. The Bertz CT molecular complexity index is 691. The van der Waals surface area contributed by atoms with E-state index in [-0.39, 0.29) is 5.91 Å². The summed E-state index contributed by atoms with van der Waals surface area (Å²) in [4.78, 5) is 12.4. The first-order chi connectivity index (χ1) is 10.8. The molecular weight excluding hydrogens is 270 g/mol. The topological polar surface area (TPSA) is 29.1 Å². The lowest BCUT2D eigenvalue weighted by Crippen LogP contribution is -2.24. The van der Waals surface area contributed by atoms with E-state index in [1.807, 2.05) is 66.7 Å². The first-order valence-electron chi connectivity index (χ1n) is 7.27. The molecule has 2 aromatic carbocycles. The highest BCUT2D eigenvalue weighted by atomic mass is 16.1. The molecule has 0 aliphatic carbocycles. The molecule has 0 aromatic heterocycles. The summed E-state index contributed by atoms with van der Waals surface area (Å²) in [6, 6.07) is 19.7. The van der Waals surface area contributed by atoms with Crippen molar-refractivity contribution in [3.05, 3.63) is 77.4 Å². The third-order valence-electron chi connectivity index (χ3n) is 3.18. The SMILES string of the molecule is CC#CCC(=Cc1ccccc1)C(=O)NCc1ccccc1. The lowest BCUT2D eigenvalue weighted by molar-refractivity contribution is -0.117. The van der Waals surface area contributed by atoms with Gasteiger partial charge in [0.1, 0.15) is 0 Å².